The third-order valence-electron chi connectivity index (χ3n) is 4.82. The van der Waals surface area contributed by atoms with Crippen LogP contribution in [0.4, 0.5) is 17.6 Å². The smallest absolute Gasteiger partial charge is 0.389 e. The summed E-state index contributed by atoms with van der Waals surface area (Å²) in [5.74, 6) is 0.357. The molecule has 0 fully saturated rings. The van der Waals surface area contributed by atoms with Gasteiger partial charge in [0.1, 0.15) is 11.1 Å². The van der Waals surface area contributed by atoms with E-state index in [9.17, 15) is 26.0 Å². The van der Waals surface area contributed by atoms with Gasteiger partial charge in [0, 0.05) is 18.6 Å². The predicted octanol–water partition coefficient (Wildman–Crippen LogP) is 4.32. The fourth-order valence-corrected chi connectivity index (χ4v) is 4.45. The second kappa shape index (κ2) is 9.91. The Morgan fingerprint density at radius 1 is 1.29 bits per heavy atom. The summed E-state index contributed by atoms with van der Waals surface area (Å²) in [5.41, 5.74) is 2.06. The SMILES string of the molecule is CCS(=O)(=O)C(CCC(F)(F)F)NC1CCc2cc(CCCCF)ccc2O1. The number of benzene rings is 1. The van der Waals surface area contributed by atoms with Crippen LogP contribution in [0.25, 0.3) is 0 Å². The zero-order valence-corrected chi connectivity index (χ0v) is 16.7. The minimum absolute atomic E-state index is 0.242. The predicted molar refractivity (Wildman–Crippen MR) is 99.8 cm³/mol. The molecule has 0 aliphatic carbocycles. The molecule has 0 radical (unpaired) electrons. The summed E-state index contributed by atoms with van der Waals surface area (Å²) in [7, 11) is -3.70. The molecule has 1 aliphatic rings. The molecule has 2 unspecified atom stereocenters. The Balaban J connectivity index is 2.02. The lowest BCUT2D eigenvalue weighted by atomic mass is 9.99. The Labute approximate surface area is 163 Å². The molecular weight excluding hydrogens is 398 g/mol. The van der Waals surface area contributed by atoms with E-state index in [-0.39, 0.29) is 12.4 Å². The van der Waals surface area contributed by atoms with E-state index in [4.69, 9.17) is 4.74 Å². The van der Waals surface area contributed by atoms with Crippen LogP contribution < -0.4 is 10.1 Å². The number of hydrogen-bond donors (Lipinski definition) is 1. The highest BCUT2D eigenvalue weighted by molar-refractivity contribution is 7.91. The van der Waals surface area contributed by atoms with Gasteiger partial charge in [0.05, 0.1) is 6.67 Å². The largest absolute Gasteiger partial charge is 0.475 e. The molecule has 0 saturated heterocycles. The fourth-order valence-electron chi connectivity index (χ4n) is 3.21. The summed E-state index contributed by atoms with van der Waals surface area (Å²) in [4.78, 5) is 0. The number of alkyl halides is 4. The van der Waals surface area contributed by atoms with E-state index >= 15 is 0 Å². The number of rotatable bonds is 10. The van der Waals surface area contributed by atoms with Crippen molar-refractivity contribution in [2.24, 2.45) is 0 Å². The molecular formula is C19H27F4NO3S. The van der Waals surface area contributed by atoms with E-state index < -0.39 is 40.5 Å². The van der Waals surface area contributed by atoms with E-state index in [1.165, 1.54) is 6.92 Å². The zero-order chi connectivity index (χ0) is 20.8. The number of aryl methyl sites for hydroxylation is 2. The van der Waals surface area contributed by atoms with E-state index in [0.717, 1.165) is 24.0 Å². The molecule has 2 atom stereocenters. The molecule has 1 N–H and O–H groups in total. The first kappa shape index (κ1) is 22.9. The van der Waals surface area contributed by atoms with Gasteiger partial charge < -0.3 is 4.74 Å². The van der Waals surface area contributed by atoms with Crippen LogP contribution in [0.3, 0.4) is 0 Å². The molecule has 1 aromatic rings. The van der Waals surface area contributed by atoms with Crippen LogP contribution in [0.1, 0.15) is 50.2 Å². The first-order valence-corrected chi connectivity index (χ1v) is 11.2. The van der Waals surface area contributed by atoms with Gasteiger partial charge in [0.2, 0.25) is 0 Å². The Kier molecular flexibility index (Phi) is 8.12. The van der Waals surface area contributed by atoms with Crippen LogP contribution in [0, 0.1) is 0 Å². The summed E-state index contributed by atoms with van der Waals surface area (Å²) in [6, 6.07) is 5.66. The molecule has 1 aromatic carbocycles. The van der Waals surface area contributed by atoms with Crippen LogP contribution in [-0.2, 0) is 22.7 Å². The topological polar surface area (TPSA) is 55.4 Å². The van der Waals surface area contributed by atoms with Gasteiger partial charge in [-0.1, -0.05) is 19.1 Å². The number of ether oxygens (including phenoxy) is 1. The number of nitrogens with one attached hydrogen (secondary N) is 1. The van der Waals surface area contributed by atoms with E-state index in [1.54, 1.807) is 6.07 Å². The van der Waals surface area contributed by atoms with Gasteiger partial charge in [0.15, 0.2) is 16.1 Å². The number of hydrogen-bond acceptors (Lipinski definition) is 4. The molecule has 9 heteroatoms. The summed E-state index contributed by atoms with van der Waals surface area (Å²) in [5, 5.41) is 1.46. The number of fused-ring (bicyclic) bond motifs is 1. The van der Waals surface area contributed by atoms with Crippen LogP contribution in [0.15, 0.2) is 18.2 Å². The highest BCUT2D eigenvalue weighted by Crippen LogP contribution is 2.30. The second-order valence-electron chi connectivity index (χ2n) is 6.99. The fraction of sp³-hybridized carbons (Fsp3) is 0.684. The molecule has 4 nitrogen and oxygen atoms in total. The van der Waals surface area contributed by atoms with Gasteiger partial charge in [-0.05, 0) is 49.3 Å². The third-order valence-corrected chi connectivity index (χ3v) is 6.86. The number of halogens is 4. The van der Waals surface area contributed by atoms with Crippen molar-refractivity contribution in [1.82, 2.24) is 5.32 Å². The number of sulfone groups is 1. The first-order valence-electron chi connectivity index (χ1n) is 9.53. The molecule has 2 rings (SSSR count). The average molecular weight is 425 g/mol. The van der Waals surface area contributed by atoms with Crippen LogP contribution in [0.2, 0.25) is 0 Å². The molecule has 0 saturated carbocycles. The lowest BCUT2D eigenvalue weighted by molar-refractivity contribution is -0.136. The van der Waals surface area contributed by atoms with Crippen LogP contribution >= 0.6 is 0 Å². The monoisotopic (exact) mass is 425 g/mol. The Morgan fingerprint density at radius 3 is 2.68 bits per heavy atom. The van der Waals surface area contributed by atoms with E-state index in [0.29, 0.717) is 25.0 Å². The quantitative estimate of drug-likeness (QED) is 0.448. The van der Waals surface area contributed by atoms with Gasteiger partial charge in [-0.25, -0.2) is 8.42 Å². The van der Waals surface area contributed by atoms with Crippen LogP contribution in [0.5, 0.6) is 5.75 Å². The van der Waals surface area contributed by atoms with E-state index in [1.807, 2.05) is 12.1 Å². The molecule has 1 heterocycles. The van der Waals surface area contributed by atoms with Gasteiger partial charge in [-0.2, -0.15) is 13.2 Å². The molecule has 0 spiro atoms. The lowest BCUT2D eigenvalue weighted by Gasteiger charge is -2.30. The molecule has 1 aliphatic heterocycles. The maximum absolute atomic E-state index is 12.6. The van der Waals surface area contributed by atoms with Crippen molar-refractivity contribution in [1.29, 1.82) is 0 Å². The molecule has 0 amide bonds. The number of unbranched alkanes of at least 4 members (excludes halogenated alkanes) is 1. The van der Waals surface area contributed by atoms with Crippen molar-refractivity contribution in [3.05, 3.63) is 29.3 Å². The maximum Gasteiger partial charge on any atom is 0.389 e. The van der Waals surface area contributed by atoms with Gasteiger partial charge in [0.25, 0.3) is 0 Å². The maximum atomic E-state index is 12.6. The molecule has 0 bridgehead atoms. The molecule has 28 heavy (non-hydrogen) atoms. The van der Waals surface area contributed by atoms with Crippen molar-refractivity contribution in [2.75, 3.05) is 12.4 Å². The minimum Gasteiger partial charge on any atom is -0.475 e. The van der Waals surface area contributed by atoms with Crippen molar-refractivity contribution in [3.63, 3.8) is 0 Å². The third kappa shape index (κ3) is 6.92. The Hall–Kier alpha value is -1.35. The van der Waals surface area contributed by atoms with E-state index in [2.05, 4.69) is 5.32 Å². The van der Waals surface area contributed by atoms with Gasteiger partial charge in [-0.3, -0.25) is 9.71 Å². The van der Waals surface area contributed by atoms with Crippen LogP contribution in [-0.4, -0.2) is 38.6 Å². The molecule has 0 aromatic heterocycles. The highest BCUT2D eigenvalue weighted by Gasteiger charge is 2.34. The standard InChI is InChI=1S/C19H27F4NO3S/c1-2-28(25,26)18(10-11-19(21,22)23)24-17-9-7-15-13-14(5-3-4-12-20)6-8-16(15)27-17/h6,8,13,17-18,24H,2-5,7,9-12H2,1H3. The summed E-state index contributed by atoms with van der Waals surface area (Å²) < 4.78 is 80.1. The van der Waals surface area contributed by atoms with Crippen molar-refractivity contribution >= 4 is 9.84 Å². The second-order valence-corrected chi connectivity index (χ2v) is 9.47. The van der Waals surface area contributed by atoms with Crippen molar-refractivity contribution in [3.8, 4) is 5.75 Å². The van der Waals surface area contributed by atoms with Crippen molar-refractivity contribution < 1.29 is 30.7 Å². The summed E-state index contributed by atoms with van der Waals surface area (Å²) in [6.07, 6.45) is -3.65. The lowest BCUT2D eigenvalue weighted by Crippen LogP contribution is -2.48. The summed E-state index contributed by atoms with van der Waals surface area (Å²) >= 11 is 0. The highest BCUT2D eigenvalue weighted by atomic mass is 32.2. The minimum atomic E-state index is -4.41. The Bertz CT molecular complexity index is 737. The normalized spacial score (nSPS) is 18.4. The first-order chi connectivity index (χ1) is 13.1. The molecule has 160 valence electrons. The summed E-state index contributed by atoms with van der Waals surface area (Å²) in [6.45, 7) is 1.08. The average Bonchev–Trinajstić information content (AvgIpc) is 2.64. The van der Waals surface area contributed by atoms with Gasteiger partial charge in [-0.15, -0.1) is 0 Å². The Morgan fingerprint density at radius 2 is 2.04 bits per heavy atom. The van der Waals surface area contributed by atoms with Crippen molar-refractivity contribution in [2.45, 2.75) is 69.6 Å². The zero-order valence-electron chi connectivity index (χ0n) is 15.9. The van der Waals surface area contributed by atoms with Gasteiger partial charge >= 0.3 is 6.18 Å².